The summed E-state index contributed by atoms with van der Waals surface area (Å²) in [6.45, 7) is 4.88. The number of fused-ring (bicyclic) bond motifs is 3. The number of piperazine rings is 1. The molecule has 2 aliphatic heterocycles. The molecule has 3 aromatic heterocycles. The Balaban J connectivity index is 1.31. The molecule has 3 aliphatic rings. The highest BCUT2D eigenvalue weighted by atomic mass is 16.3. The van der Waals surface area contributed by atoms with Crippen molar-refractivity contribution in [2.45, 2.75) is 57.3 Å². The normalized spacial score (nSPS) is 23.3. The minimum absolute atomic E-state index is 0.0497. The van der Waals surface area contributed by atoms with E-state index in [2.05, 4.69) is 32.2 Å². The quantitative estimate of drug-likeness (QED) is 0.644. The SMILES string of the molecule is CN(Cc1nc2ccnc(N3CCN4CCCC4C3)n2c1CO)C1CCCc2cccnc21. The zero-order valence-electron chi connectivity index (χ0n) is 19.4. The topological polar surface area (TPSA) is 73.0 Å². The number of aryl methyl sites for hydroxylation is 1. The zero-order chi connectivity index (χ0) is 22.4. The molecule has 2 atom stereocenters. The fourth-order valence-corrected chi connectivity index (χ4v) is 6.13. The average Bonchev–Trinajstić information content (AvgIpc) is 3.46. The van der Waals surface area contributed by atoms with E-state index in [0.29, 0.717) is 12.6 Å². The summed E-state index contributed by atoms with van der Waals surface area (Å²) in [4.78, 5) is 21.8. The third-order valence-corrected chi connectivity index (χ3v) is 7.81. The van der Waals surface area contributed by atoms with Crippen molar-refractivity contribution >= 4 is 11.6 Å². The highest BCUT2D eigenvalue weighted by Crippen LogP contribution is 2.33. The Kier molecular flexibility index (Phi) is 5.52. The predicted molar refractivity (Wildman–Crippen MR) is 127 cm³/mol. The van der Waals surface area contributed by atoms with Gasteiger partial charge >= 0.3 is 0 Å². The fraction of sp³-hybridized carbons (Fsp3) is 0.560. The lowest BCUT2D eigenvalue weighted by atomic mass is 9.91. The molecule has 174 valence electrons. The van der Waals surface area contributed by atoms with Crippen LogP contribution in [0.25, 0.3) is 5.65 Å². The molecule has 0 spiro atoms. The van der Waals surface area contributed by atoms with Gasteiger partial charge in [-0.2, -0.15) is 0 Å². The minimum Gasteiger partial charge on any atom is -0.390 e. The molecule has 0 amide bonds. The molecular formula is C25H33N7O. The summed E-state index contributed by atoms with van der Waals surface area (Å²) in [7, 11) is 2.15. The molecule has 8 nitrogen and oxygen atoms in total. The van der Waals surface area contributed by atoms with Gasteiger partial charge in [0.2, 0.25) is 5.95 Å². The second kappa shape index (κ2) is 8.66. The molecular weight excluding hydrogens is 414 g/mol. The molecule has 1 N–H and O–H groups in total. The monoisotopic (exact) mass is 447 g/mol. The molecule has 0 bridgehead atoms. The van der Waals surface area contributed by atoms with Crippen molar-refractivity contribution < 1.29 is 5.11 Å². The van der Waals surface area contributed by atoms with E-state index in [1.807, 2.05) is 24.5 Å². The van der Waals surface area contributed by atoms with Crippen molar-refractivity contribution in [3.63, 3.8) is 0 Å². The van der Waals surface area contributed by atoms with Gasteiger partial charge in [0.05, 0.1) is 29.7 Å². The van der Waals surface area contributed by atoms with Gasteiger partial charge in [0.15, 0.2) is 0 Å². The molecule has 5 heterocycles. The maximum atomic E-state index is 10.4. The molecule has 0 radical (unpaired) electrons. The first-order chi connectivity index (χ1) is 16.2. The maximum Gasteiger partial charge on any atom is 0.211 e. The van der Waals surface area contributed by atoms with Crippen LogP contribution < -0.4 is 4.90 Å². The van der Waals surface area contributed by atoms with E-state index in [1.54, 1.807) is 0 Å². The molecule has 1 aliphatic carbocycles. The third kappa shape index (κ3) is 3.70. The Hall–Kier alpha value is -2.55. The summed E-state index contributed by atoms with van der Waals surface area (Å²) in [5.41, 5.74) is 5.19. The molecule has 0 saturated carbocycles. The summed E-state index contributed by atoms with van der Waals surface area (Å²) in [6.07, 6.45) is 9.68. The van der Waals surface area contributed by atoms with Gasteiger partial charge in [0.1, 0.15) is 5.65 Å². The van der Waals surface area contributed by atoms with Gasteiger partial charge in [-0.25, -0.2) is 9.97 Å². The Morgan fingerprint density at radius 2 is 2.03 bits per heavy atom. The predicted octanol–water partition coefficient (Wildman–Crippen LogP) is 2.41. The number of pyridine rings is 1. The Labute approximate surface area is 194 Å². The zero-order valence-corrected chi connectivity index (χ0v) is 19.4. The van der Waals surface area contributed by atoms with Crippen molar-refractivity contribution in [1.29, 1.82) is 0 Å². The number of nitrogens with zero attached hydrogens (tertiary/aromatic N) is 7. The summed E-state index contributed by atoms with van der Waals surface area (Å²) in [5.74, 6) is 0.911. The molecule has 8 heteroatoms. The van der Waals surface area contributed by atoms with Gasteiger partial charge in [-0.1, -0.05) is 6.07 Å². The largest absolute Gasteiger partial charge is 0.390 e. The van der Waals surface area contributed by atoms with Crippen LogP contribution in [0, 0.1) is 0 Å². The highest BCUT2D eigenvalue weighted by Gasteiger charge is 2.33. The second-order valence-electron chi connectivity index (χ2n) is 9.75. The number of hydrogen-bond acceptors (Lipinski definition) is 7. The number of rotatable bonds is 5. The van der Waals surface area contributed by atoms with E-state index in [4.69, 9.17) is 15.0 Å². The van der Waals surface area contributed by atoms with Crippen LogP contribution in [0.2, 0.25) is 0 Å². The molecule has 0 aromatic carbocycles. The van der Waals surface area contributed by atoms with Crippen LogP contribution in [0.3, 0.4) is 0 Å². The van der Waals surface area contributed by atoms with Gasteiger partial charge < -0.3 is 10.0 Å². The molecule has 2 unspecified atom stereocenters. The summed E-state index contributed by atoms with van der Waals surface area (Å²) >= 11 is 0. The molecule has 6 rings (SSSR count). The van der Waals surface area contributed by atoms with Crippen molar-refractivity contribution in [3.05, 3.63) is 53.2 Å². The standard InChI is InChI=1S/C25H33N7O/c1-29(21-8-2-5-18-6-3-10-26-24(18)21)16-20-22(17-33)32-23(28-20)9-11-27-25(32)31-14-13-30-12-4-7-19(30)15-31/h3,6,9-11,19,21,33H,2,4-5,7-8,12-17H2,1H3. The third-order valence-electron chi connectivity index (χ3n) is 7.81. The number of aliphatic hydroxyl groups excluding tert-OH is 1. The van der Waals surface area contributed by atoms with E-state index in [1.165, 1.54) is 37.1 Å². The van der Waals surface area contributed by atoms with Crippen molar-refractivity contribution in [3.8, 4) is 0 Å². The van der Waals surface area contributed by atoms with E-state index >= 15 is 0 Å². The second-order valence-corrected chi connectivity index (χ2v) is 9.75. The van der Waals surface area contributed by atoms with E-state index in [-0.39, 0.29) is 12.6 Å². The van der Waals surface area contributed by atoms with Crippen molar-refractivity contribution in [1.82, 2.24) is 29.2 Å². The summed E-state index contributed by atoms with van der Waals surface area (Å²) in [6, 6.07) is 7.08. The van der Waals surface area contributed by atoms with Gasteiger partial charge in [-0.05, 0) is 63.4 Å². The molecule has 3 aromatic rings. The van der Waals surface area contributed by atoms with Crippen molar-refractivity contribution in [2.24, 2.45) is 0 Å². The number of aromatic nitrogens is 4. The van der Waals surface area contributed by atoms with Crippen LogP contribution in [-0.4, -0.2) is 73.5 Å². The summed E-state index contributed by atoms with van der Waals surface area (Å²) < 4.78 is 2.08. The van der Waals surface area contributed by atoms with E-state index in [9.17, 15) is 5.11 Å². The number of hydrogen-bond donors (Lipinski definition) is 1. The first kappa shape index (κ1) is 21.0. The smallest absolute Gasteiger partial charge is 0.211 e. The first-order valence-corrected chi connectivity index (χ1v) is 12.3. The Morgan fingerprint density at radius 3 is 2.94 bits per heavy atom. The van der Waals surface area contributed by atoms with Crippen LogP contribution in [0.15, 0.2) is 30.6 Å². The number of anilines is 1. The first-order valence-electron chi connectivity index (χ1n) is 12.3. The highest BCUT2D eigenvalue weighted by molar-refractivity contribution is 5.51. The number of imidazole rings is 1. The van der Waals surface area contributed by atoms with Gasteiger partial charge in [0, 0.05) is 44.6 Å². The lowest BCUT2D eigenvalue weighted by molar-refractivity contribution is 0.203. The molecule has 33 heavy (non-hydrogen) atoms. The van der Waals surface area contributed by atoms with Crippen LogP contribution in [0.1, 0.15) is 54.4 Å². The van der Waals surface area contributed by atoms with Crippen LogP contribution in [0.4, 0.5) is 5.95 Å². The Morgan fingerprint density at radius 1 is 1.09 bits per heavy atom. The minimum atomic E-state index is -0.0497. The van der Waals surface area contributed by atoms with E-state index < -0.39 is 0 Å². The fourth-order valence-electron chi connectivity index (χ4n) is 6.13. The van der Waals surface area contributed by atoms with Crippen LogP contribution >= 0.6 is 0 Å². The molecule has 2 saturated heterocycles. The lowest BCUT2D eigenvalue weighted by Crippen LogP contribution is -2.51. The van der Waals surface area contributed by atoms with E-state index in [0.717, 1.165) is 55.5 Å². The van der Waals surface area contributed by atoms with Crippen LogP contribution in [0.5, 0.6) is 0 Å². The number of aliphatic hydroxyl groups is 1. The Bertz CT molecular complexity index is 1140. The van der Waals surface area contributed by atoms with Gasteiger partial charge in [0.25, 0.3) is 0 Å². The molecule has 2 fully saturated rings. The maximum absolute atomic E-state index is 10.4. The van der Waals surface area contributed by atoms with Gasteiger partial charge in [-0.15, -0.1) is 0 Å². The summed E-state index contributed by atoms with van der Waals surface area (Å²) in [5, 5.41) is 10.4. The average molecular weight is 448 g/mol. The van der Waals surface area contributed by atoms with Crippen LogP contribution in [-0.2, 0) is 19.6 Å². The van der Waals surface area contributed by atoms with Gasteiger partial charge in [-0.3, -0.25) is 19.2 Å². The van der Waals surface area contributed by atoms with Crippen molar-refractivity contribution in [2.75, 3.05) is 38.1 Å². The lowest BCUT2D eigenvalue weighted by Gasteiger charge is -2.38.